The highest BCUT2D eigenvalue weighted by Gasteiger charge is 2.29. The van der Waals surface area contributed by atoms with E-state index in [-0.39, 0.29) is 0 Å². The molecular formula is C10H6OS. The summed E-state index contributed by atoms with van der Waals surface area (Å²) in [5, 5.41) is 3.63. The van der Waals surface area contributed by atoms with Crippen LogP contribution in [0.1, 0.15) is 11.1 Å². The summed E-state index contributed by atoms with van der Waals surface area (Å²) in [5.74, 6) is 0. The molecule has 0 saturated heterocycles. The maximum Gasteiger partial charge on any atom is 0.0715 e. The normalized spacial score (nSPS) is 19.0. The minimum Gasteiger partial charge on any atom is -0.250 e. The fraction of sp³-hybridized carbons (Fsp3) is 0. The van der Waals surface area contributed by atoms with Gasteiger partial charge >= 0.3 is 0 Å². The van der Waals surface area contributed by atoms with E-state index in [4.69, 9.17) is 0 Å². The van der Waals surface area contributed by atoms with Gasteiger partial charge in [-0.15, -0.1) is 0 Å². The Balaban J connectivity index is 2.34. The van der Waals surface area contributed by atoms with Gasteiger partial charge in [-0.3, -0.25) is 4.21 Å². The molecule has 1 aliphatic heterocycles. The Morgan fingerprint density at radius 1 is 0.917 bits per heavy atom. The van der Waals surface area contributed by atoms with Crippen molar-refractivity contribution in [3.8, 4) is 0 Å². The van der Waals surface area contributed by atoms with Gasteiger partial charge in [0.05, 0.1) is 10.8 Å². The van der Waals surface area contributed by atoms with Gasteiger partial charge < -0.3 is 0 Å². The standard InChI is InChI=1S/C10H6OS/c11-12-5-9-7-3-1-2-4-8(7)10(9)6-12/h1-6H. The van der Waals surface area contributed by atoms with Crippen LogP contribution in [-0.2, 0) is 10.8 Å². The van der Waals surface area contributed by atoms with Gasteiger partial charge in [0.15, 0.2) is 0 Å². The van der Waals surface area contributed by atoms with E-state index in [1.807, 2.05) is 22.9 Å². The topological polar surface area (TPSA) is 17.1 Å². The zero-order chi connectivity index (χ0) is 8.13. The molecule has 1 aromatic carbocycles. The lowest BCUT2D eigenvalue weighted by Crippen LogP contribution is -2.02. The molecule has 12 heavy (non-hydrogen) atoms. The van der Waals surface area contributed by atoms with Gasteiger partial charge in [0, 0.05) is 10.8 Å². The second-order valence-electron chi connectivity index (χ2n) is 2.94. The third-order valence-corrected chi connectivity index (χ3v) is 3.20. The zero-order valence-corrected chi connectivity index (χ0v) is 7.10. The van der Waals surface area contributed by atoms with Gasteiger partial charge in [0.1, 0.15) is 0 Å². The van der Waals surface area contributed by atoms with Crippen LogP contribution in [0.15, 0.2) is 35.1 Å². The van der Waals surface area contributed by atoms with Gasteiger partial charge in [-0.05, 0) is 22.3 Å². The van der Waals surface area contributed by atoms with Crippen LogP contribution in [-0.4, -0.2) is 4.21 Å². The minimum atomic E-state index is -0.871. The highest BCUT2D eigenvalue weighted by Crippen LogP contribution is 2.48. The highest BCUT2D eigenvalue weighted by molar-refractivity contribution is 7.91. The molecule has 1 nitrogen and oxygen atoms in total. The first-order valence-electron chi connectivity index (χ1n) is 3.79. The van der Waals surface area contributed by atoms with Gasteiger partial charge in [-0.1, -0.05) is 24.3 Å². The van der Waals surface area contributed by atoms with E-state index in [1.165, 1.54) is 22.3 Å². The largest absolute Gasteiger partial charge is 0.250 e. The van der Waals surface area contributed by atoms with E-state index in [0.717, 1.165) is 0 Å². The van der Waals surface area contributed by atoms with E-state index < -0.39 is 10.8 Å². The Bertz CT molecular complexity index is 414. The fourth-order valence-corrected chi connectivity index (χ4v) is 2.74. The predicted molar refractivity (Wildman–Crippen MR) is 50.5 cm³/mol. The maximum absolute atomic E-state index is 11.1. The molecule has 58 valence electrons. The van der Waals surface area contributed by atoms with Crippen LogP contribution in [0.4, 0.5) is 0 Å². The monoisotopic (exact) mass is 174 g/mol. The van der Waals surface area contributed by atoms with Crippen molar-refractivity contribution < 1.29 is 4.21 Å². The third kappa shape index (κ3) is 0.612. The summed E-state index contributed by atoms with van der Waals surface area (Å²) in [6, 6.07) is 8.16. The lowest BCUT2D eigenvalue weighted by Gasteiger charge is -2.22. The third-order valence-electron chi connectivity index (χ3n) is 2.27. The number of fused-ring (bicyclic) bond motifs is 4. The van der Waals surface area contributed by atoms with Crippen LogP contribution in [0.3, 0.4) is 0 Å². The number of allylic oxidation sites excluding steroid dienone is 2. The van der Waals surface area contributed by atoms with Gasteiger partial charge in [0.2, 0.25) is 0 Å². The van der Waals surface area contributed by atoms with E-state index in [2.05, 4.69) is 12.1 Å². The summed E-state index contributed by atoms with van der Waals surface area (Å²) >= 11 is 0. The molecule has 0 amide bonds. The molecular weight excluding hydrogens is 168 g/mol. The van der Waals surface area contributed by atoms with Crippen molar-refractivity contribution in [1.82, 2.24) is 0 Å². The van der Waals surface area contributed by atoms with E-state index in [9.17, 15) is 4.21 Å². The molecule has 0 atom stereocenters. The van der Waals surface area contributed by atoms with Crippen molar-refractivity contribution in [3.05, 3.63) is 46.2 Å². The predicted octanol–water partition coefficient (Wildman–Crippen LogP) is 2.14. The lowest BCUT2D eigenvalue weighted by molar-refractivity contribution is 0.693. The molecule has 0 aromatic heterocycles. The summed E-state index contributed by atoms with van der Waals surface area (Å²) in [7, 11) is -0.871. The van der Waals surface area contributed by atoms with Crippen molar-refractivity contribution in [1.29, 1.82) is 0 Å². The molecule has 1 aliphatic carbocycles. The van der Waals surface area contributed by atoms with Crippen molar-refractivity contribution in [2.24, 2.45) is 0 Å². The first-order valence-corrected chi connectivity index (χ1v) is 5.07. The second kappa shape index (κ2) is 1.96. The van der Waals surface area contributed by atoms with E-state index in [1.54, 1.807) is 0 Å². The molecule has 0 saturated carbocycles. The summed E-state index contributed by atoms with van der Waals surface area (Å²) in [5.41, 5.74) is 4.83. The number of benzene rings is 1. The minimum absolute atomic E-state index is 0.871. The van der Waals surface area contributed by atoms with Crippen LogP contribution in [0.2, 0.25) is 0 Å². The lowest BCUT2D eigenvalue weighted by atomic mass is 9.80. The molecule has 2 aliphatic rings. The molecule has 0 spiro atoms. The second-order valence-corrected chi connectivity index (χ2v) is 4.07. The Morgan fingerprint density at radius 2 is 1.42 bits per heavy atom. The van der Waals surface area contributed by atoms with Crippen LogP contribution >= 0.6 is 0 Å². The van der Waals surface area contributed by atoms with E-state index in [0.29, 0.717) is 0 Å². The summed E-state index contributed by atoms with van der Waals surface area (Å²) in [6.45, 7) is 0. The Morgan fingerprint density at radius 3 is 1.92 bits per heavy atom. The number of hydrogen-bond acceptors (Lipinski definition) is 1. The Kier molecular flexibility index (Phi) is 1.04. The van der Waals surface area contributed by atoms with Crippen molar-refractivity contribution in [3.63, 3.8) is 0 Å². The summed E-state index contributed by atoms with van der Waals surface area (Å²) in [4.78, 5) is 0. The Hall–Kier alpha value is -1.15. The number of rotatable bonds is 0. The van der Waals surface area contributed by atoms with Gasteiger partial charge in [0.25, 0.3) is 0 Å². The zero-order valence-electron chi connectivity index (χ0n) is 6.28. The average molecular weight is 174 g/mol. The maximum atomic E-state index is 11.1. The van der Waals surface area contributed by atoms with Crippen LogP contribution < -0.4 is 0 Å². The van der Waals surface area contributed by atoms with Crippen molar-refractivity contribution >= 4 is 21.9 Å². The summed E-state index contributed by atoms with van der Waals surface area (Å²) < 4.78 is 11.1. The first kappa shape index (κ1) is 6.38. The first-order chi connectivity index (χ1) is 5.86. The van der Waals surface area contributed by atoms with Gasteiger partial charge in [-0.2, -0.15) is 0 Å². The average Bonchev–Trinajstić information content (AvgIpc) is 2.42. The quantitative estimate of drug-likeness (QED) is 0.589. The molecule has 2 heteroatoms. The van der Waals surface area contributed by atoms with Crippen molar-refractivity contribution in [2.45, 2.75) is 0 Å². The smallest absolute Gasteiger partial charge is 0.0715 e. The molecule has 0 radical (unpaired) electrons. The molecule has 1 aromatic rings. The number of hydrogen-bond donors (Lipinski definition) is 0. The summed E-state index contributed by atoms with van der Waals surface area (Å²) in [6.07, 6.45) is 0. The molecule has 0 N–H and O–H groups in total. The molecule has 3 rings (SSSR count). The molecule has 1 heterocycles. The molecule has 0 bridgehead atoms. The van der Waals surface area contributed by atoms with Gasteiger partial charge in [-0.25, -0.2) is 0 Å². The SMILES string of the molecule is O=S1C=C2C(=C1)c1ccccc12. The van der Waals surface area contributed by atoms with Crippen LogP contribution in [0.5, 0.6) is 0 Å². The Labute approximate surface area is 72.9 Å². The van der Waals surface area contributed by atoms with Crippen molar-refractivity contribution in [2.75, 3.05) is 0 Å². The molecule has 0 fully saturated rings. The van der Waals surface area contributed by atoms with E-state index >= 15 is 0 Å². The van der Waals surface area contributed by atoms with Crippen LogP contribution in [0.25, 0.3) is 11.1 Å². The van der Waals surface area contributed by atoms with Crippen LogP contribution in [0, 0.1) is 0 Å². The molecule has 0 unspecified atom stereocenters. The highest BCUT2D eigenvalue weighted by atomic mass is 32.2. The fourth-order valence-electron chi connectivity index (χ4n) is 1.70.